The van der Waals surface area contributed by atoms with Crippen molar-refractivity contribution < 1.29 is 14.4 Å². The van der Waals surface area contributed by atoms with Crippen LogP contribution in [-0.4, -0.2) is 17.3 Å². The van der Waals surface area contributed by atoms with Gasteiger partial charge in [-0.2, -0.15) is 0 Å². The summed E-state index contributed by atoms with van der Waals surface area (Å²) in [4.78, 5) is 37.8. The molecule has 138 valence electrons. The van der Waals surface area contributed by atoms with Crippen LogP contribution in [0.4, 0.5) is 0 Å². The van der Waals surface area contributed by atoms with E-state index in [1.54, 1.807) is 6.92 Å². The first-order valence-corrected chi connectivity index (χ1v) is 10.2. The number of carbonyl (C=O) groups is 3. The van der Waals surface area contributed by atoms with Gasteiger partial charge < -0.3 is 0 Å². The van der Waals surface area contributed by atoms with Crippen LogP contribution in [0.3, 0.4) is 0 Å². The molecule has 0 amide bonds. The number of hydrogen-bond acceptors (Lipinski definition) is 3. The molecule has 0 aromatic heterocycles. The van der Waals surface area contributed by atoms with Crippen LogP contribution in [0.1, 0.15) is 79.1 Å². The van der Waals surface area contributed by atoms with Crippen molar-refractivity contribution in [1.29, 1.82) is 0 Å². The molecule has 25 heavy (non-hydrogen) atoms. The van der Waals surface area contributed by atoms with Crippen molar-refractivity contribution in [2.45, 2.75) is 79.1 Å². The molecule has 0 spiro atoms. The van der Waals surface area contributed by atoms with E-state index in [9.17, 15) is 14.4 Å². The van der Waals surface area contributed by atoms with E-state index < -0.39 is 0 Å². The van der Waals surface area contributed by atoms with E-state index in [0.29, 0.717) is 42.7 Å². The maximum Gasteiger partial charge on any atom is 0.137 e. The zero-order valence-electron chi connectivity index (χ0n) is 16.2. The van der Waals surface area contributed by atoms with E-state index in [1.807, 2.05) is 0 Å². The predicted molar refractivity (Wildman–Crippen MR) is 95.9 cm³/mol. The third kappa shape index (κ3) is 2.13. The Labute approximate surface area is 151 Å². The van der Waals surface area contributed by atoms with Gasteiger partial charge in [0.05, 0.1) is 0 Å². The zero-order chi connectivity index (χ0) is 18.2. The Morgan fingerprint density at radius 3 is 2.36 bits per heavy atom. The fraction of sp³-hybridized carbons (Fsp3) is 0.864. The van der Waals surface area contributed by atoms with Crippen LogP contribution in [-0.2, 0) is 14.4 Å². The van der Waals surface area contributed by atoms with Crippen LogP contribution in [0, 0.1) is 39.9 Å². The molecule has 4 aliphatic rings. The van der Waals surface area contributed by atoms with Gasteiger partial charge in [0.2, 0.25) is 0 Å². The van der Waals surface area contributed by atoms with Crippen molar-refractivity contribution in [1.82, 2.24) is 0 Å². The highest BCUT2D eigenvalue weighted by Crippen LogP contribution is 2.71. The molecule has 4 rings (SSSR count). The van der Waals surface area contributed by atoms with E-state index in [2.05, 4.69) is 20.8 Å². The highest BCUT2D eigenvalue weighted by Gasteiger charge is 2.68. The van der Waals surface area contributed by atoms with Crippen LogP contribution in [0.2, 0.25) is 0 Å². The summed E-state index contributed by atoms with van der Waals surface area (Å²) in [6, 6.07) is 0. The van der Waals surface area contributed by atoms with Crippen LogP contribution < -0.4 is 0 Å². The molecular formula is C22H32O3. The van der Waals surface area contributed by atoms with Crippen molar-refractivity contribution >= 4 is 17.3 Å². The number of Topliss-reactive ketones (excluding diaryl/α,β-unsaturated/α-hetero) is 3. The van der Waals surface area contributed by atoms with E-state index in [0.717, 1.165) is 32.1 Å². The van der Waals surface area contributed by atoms with Gasteiger partial charge in [-0.05, 0) is 67.1 Å². The monoisotopic (exact) mass is 344 g/mol. The molecule has 3 heteroatoms. The maximum atomic E-state index is 13.5. The minimum Gasteiger partial charge on any atom is -0.300 e. The molecule has 0 heterocycles. The van der Waals surface area contributed by atoms with Gasteiger partial charge in [-0.1, -0.05) is 20.8 Å². The topological polar surface area (TPSA) is 51.2 Å². The van der Waals surface area contributed by atoms with Crippen LogP contribution in [0.5, 0.6) is 0 Å². The lowest BCUT2D eigenvalue weighted by Gasteiger charge is -2.64. The van der Waals surface area contributed by atoms with Crippen molar-refractivity contribution in [3.05, 3.63) is 0 Å². The standard InChI is InChI=1S/C22H32O3/c1-13(23)16-5-6-18-21(3)9-7-14-11-15(24)8-10-20(14,2)19(21)17(25)12-22(16,18)4/h14,16,18-19H,5-12H2,1-4H3/t14-,16+,18-,19+,20-,21-,22+/m0/s1. The molecule has 4 aliphatic carbocycles. The number of fused-ring (bicyclic) bond motifs is 5. The summed E-state index contributed by atoms with van der Waals surface area (Å²) in [6.45, 7) is 8.57. The number of hydrogen-bond donors (Lipinski definition) is 0. The average Bonchev–Trinajstić information content (AvgIpc) is 2.85. The lowest BCUT2D eigenvalue weighted by Crippen LogP contribution is -2.62. The molecule has 0 saturated heterocycles. The molecule has 0 aromatic carbocycles. The van der Waals surface area contributed by atoms with Gasteiger partial charge in [-0.25, -0.2) is 0 Å². The van der Waals surface area contributed by atoms with Crippen molar-refractivity contribution in [3.63, 3.8) is 0 Å². The van der Waals surface area contributed by atoms with Gasteiger partial charge in [0.15, 0.2) is 0 Å². The Morgan fingerprint density at radius 1 is 0.960 bits per heavy atom. The number of ketones is 3. The summed E-state index contributed by atoms with van der Waals surface area (Å²) in [5, 5.41) is 0. The van der Waals surface area contributed by atoms with E-state index in [-0.39, 0.29) is 33.9 Å². The second kappa shape index (κ2) is 5.27. The van der Waals surface area contributed by atoms with Crippen molar-refractivity contribution in [2.75, 3.05) is 0 Å². The molecule has 0 unspecified atom stereocenters. The van der Waals surface area contributed by atoms with Gasteiger partial charge >= 0.3 is 0 Å². The fourth-order valence-electron chi connectivity index (χ4n) is 8.24. The molecule has 7 atom stereocenters. The predicted octanol–water partition coefficient (Wildman–Crippen LogP) is 4.37. The maximum absolute atomic E-state index is 13.5. The summed E-state index contributed by atoms with van der Waals surface area (Å²) in [6.07, 6.45) is 6.91. The number of carbonyl (C=O) groups excluding carboxylic acids is 3. The third-order valence-corrected chi connectivity index (χ3v) is 9.20. The molecule has 3 nitrogen and oxygen atoms in total. The second-order valence-electron chi connectivity index (χ2n) is 10.4. The molecule has 0 bridgehead atoms. The zero-order valence-corrected chi connectivity index (χ0v) is 16.2. The highest BCUT2D eigenvalue weighted by molar-refractivity contribution is 5.88. The smallest absolute Gasteiger partial charge is 0.137 e. The second-order valence-corrected chi connectivity index (χ2v) is 10.4. The summed E-state index contributed by atoms with van der Waals surface area (Å²) < 4.78 is 0. The Hall–Kier alpha value is -0.990. The van der Waals surface area contributed by atoms with Crippen LogP contribution in [0.25, 0.3) is 0 Å². The summed E-state index contributed by atoms with van der Waals surface area (Å²) in [5.74, 6) is 2.01. The molecule has 0 N–H and O–H groups in total. The Kier molecular flexibility index (Phi) is 3.67. The van der Waals surface area contributed by atoms with E-state index in [1.165, 1.54) is 0 Å². The Balaban J connectivity index is 1.76. The van der Waals surface area contributed by atoms with Gasteiger partial charge in [0.1, 0.15) is 17.3 Å². The van der Waals surface area contributed by atoms with Crippen LogP contribution in [0.15, 0.2) is 0 Å². The SMILES string of the molecule is CC(=O)[C@H]1CC[C@H]2[C@]3(C)CC[C@H]4CC(=O)CC[C@]4(C)[C@H]3C(=O)C[C@@]21C. The minimum atomic E-state index is -0.151. The van der Waals surface area contributed by atoms with Crippen molar-refractivity contribution in [2.24, 2.45) is 39.9 Å². The summed E-state index contributed by atoms with van der Waals surface area (Å²) >= 11 is 0. The Morgan fingerprint density at radius 2 is 1.68 bits per heavy atom. The van der Waals surface area contributed by atoms with Gasteiger partial charge in [-0.15, -0.1) is 0 Å². The average molecular weight is 344 g/mol. The minimum absolute atomic E-state index is 0.0000784. The third-order valence-electron chi connectivity index (χ3n) is 9.20. The molecule has 4 fully saturated rings. The summed E-state index contributed by atoms with van der Waals surface area (Å²) in [7, 11) is 0. The van der Waals surface area contributed by atoms with Crippen LogP contribution >= 0.6 is 0 Å². The molecule has 4 saturated carbocycles. The molecular weight excluding hydrogens is 312 g/mol. The van der Waals surface area contributed by atoms with Crippen molar-refractivity contribution in [3.8, 4) is 0 Å². The normalized spacial score (nSPS) is 52.3. The Bertz CT molecular complexity index is 652. The van der Waals surface area contributed by atoms with E-state index in [4.69, 9.17) is 0 Å². The highest BCUT2D eigenvalue weighted by atomic mass is 16.1. The van der Waals surface area contributed by atoms with Gasteiger partial charge in [-0.3, -0.25) is 14.4 Å². The first-order chi connectivity index (χ1) is 11.6. The van der Waals surface area contributed by atoms with Gasteiger partial charge in [0.25, 0.3) is 0 Å². The molecule has 0 aromatic rings. The fourth-order valence-corrected chi connectivity index (χ4v) is 8.24. The largest absolute Gasteiger partial charge is 0.300 e. The molecule has 0 radical (unpaired) electrons. The first kappa shape index (κ1) is 17.4. The summed E-state index contributed by atoms with van der Waals surface area (Å²) in [5.41, 5.74) is -0.171. The lowest BCUT2D eigenvalue weighted by molar-refractivity contribution is -0.180. The number of rotatable bonds is 1. The van der Waals surface area contributed by atoms with Gasteiger partial charge in [0, 0.05) is 31.1 Å². The first-order valence-electron chi connectivity index (χ1n) is 10.2. The quantitative estimate of drug-likeness (QED) is 0.709. The molecule has 0 aliphatic heterocycles. The lowest BCUT2D eigenvalue weighted by atomic mass is 9.39. The van der Waals surface area contributed by atoms with E-state index >= 15 is 0 Å².